The summed E-state index contributed by atoms with van der Waals surface area (Å²) in [6, 6.07) is 19.2. The molecule has 140 valence electrons. The normalized spacial score (nSPS) is 16.8. The largest absolute Gasteiger partial charge is 0.358 e. The Kier molecular flexibility index (Phi) is 5.13. The van der Waals surface area contributed by atoms with Crippen LogP contribution in [0.1, 0.15) is 32.1 Å². The third kappa shape index (κ3) is 3.84. The molecule has 5 heteroatoms. The summed E-state index contributed by atoms with van der Waals surface area (Å²) in [5.41, 5.74) is 2.36. The second kappa shape index (κ2) is 7.55. The number of halogens is 3. The first-order chi connectivity index (χ1) is 13.0. The minimum atomic E-state index is -3.21. The first-order valence-corrected chi connectivity index (χ1v) is 10.1. The highest BCUT2D eigenvalue weighted by atomic mass is 79.9. The van der Waals surface area contributed by atoms with Crippen molar-refractivity contribution in [2.24, 2.45) is 4.99 Å². The maximum Gasteiger partial charge on any atom is 0.358 e. The van der Waals surface area contributed by atoms with Gasteiger partial charge in [0, 0.05) is 5.39 Å². The zero-order valence-electron chi connectivity index (χ0n) is 14.9. The highest BCUT2D eigenvalue weighted by molar-refractivity contribution is 9.10. The number of hydrogen-bond donors (Lipinski definition) is 0. The lowest BCUT2D eigenvalue weighted by molar-refractivity contribution is 0.188. The molecule has 3 aromatic rings. The predicted octanol–water partition coefficient (Wildman–Crippen LogP) is 6.88. The van der Waals surface area contributed by atoms with Crippen molar-refractivity contribution in [3.05, 3.63) is 60.7 Å². The van der Waals surface area contributed by atoms with Crippen LogP contribution in [-0.4, -0.2) is 21.3 Å². The highest BCUT2D eigenvalue weighted by Crippen LogP contribution is 2.35. The number of rotatable bonds is 3. The smallest absolute Gasteiger partial charge is 0.292 e. The van der Waals surface area contributed by atoms with Crippen LogP contribution in [-0.2, 0) is 0 Å². The van der Waals surface area contributed by atoms with E-state index in [1.54, 1.807) is 4.57 Å². The van der Waals surface area contributed by atoms with Gasteiger partial charge in [-0.3, -0.25) is 9.56 Å². The molecule has 1 aliphatic carbocycles. The van der Waals surface area contributed by atoms with Gasteiger partial charge in [-0.15, -0.1) is 0 Å². The Bertz CT molecular complexity index is 951. The van der Waals surface area contributed by atoms with Gasteiger partial charge in [-0.2, -0.15) is 8.78 Å². The molecule has 0 atom stereocenters. The Labute approximate surface area is 166 Å². The van der Waals surface area contributed by atoms with E-state index in [2.05, 4.69) is 20.9 Å². The van der Waals surface area contributed by atoms with Crippen molar-refractivity contribution < 1.29 is 8.78 Å². The van der Waals surface area contributed by atoms with Crippen molar-refractivity contribution in [1.29, 1.82) is 0 Å². The zero-order valence-corrected chi connectivity index (χ0v) is 16.5. The van der Waals surface area contributed by atoms with Crippen molar-refractivity contribution >= 4 is 32.7 Å². The van der Waals surface area contributed by atoms with Gasteiger partial charge in [0.25, 0.3) is 0 Å². The third-order valence-electron chi connectivity index (χ3n) is 5.13. The lowest BCUT2D eigenvalue weighted by Crippen LogP contribution is -2.31. The monoisotopic (exact) mass is 430 g/mol. The van der Waals surface area contributed by atoms with Crippen LogP contribution >= 0.6 is 15.9 Å². The average Bonchev–Trinajstić information content (AvgIpc) is 3.06. The summed E-state index contributed by atoms with van der Waals surface area (Å²) in [6.07, 6.45) is 4.99. The molecule has 0 spiro atoms. The molecule has 1 aromatic heterocycles. The fourth-order valence-electron chi connectivity index (χ4n) is 3.85. The maximum absolute atomic E-state index is 14.7. The number of aliphatic imine (C=N–C) groups is 1. The van der Waals surface area contributed by atoms with Crippen LogP contribution in [0.25, 0.3) is 22.2 Å². The lowest BCUT2D eigenvalue weighted by atomic mass is 9.96. The number of alkyl halides is 3. The van der Waals surface area contributed by atoms with E-state index in [-0.39, 0.29) is 11.9 Å². The van der Waals surface area contributed by atoms with Crippen LogP contribution < -0.4 is 0 Å². The van der Waals surface area contributed by atoms with Gasteiger partial charge in [-0.05, 0) is 46.5 Å². The molecule has 0 bridgehead atoms. The molecule has 1 fully saturated rings. The van der Waals surface area contributed by atoms with Gasteiger partial charge in [-0.25, -0.2) is 0 Å². The highest BCUT2D eigenvalue weighted by Gasteiger charge is 2.37. The van der Waals surface area contributed by atoms with E-state index in [0.29, 0.717) is 0 Å². The molecule has 0 saturated heterocycles. The van der Waals surface area contributed by atoms with E-state index in [4.69, 9.17) is 0 Å². The van der Waals surface area contributed by atoms with Crippen molar-refractivity contribution in [1.82, 2.24) is 4.57 Å². The van der Waals surface area contributed by atoms with Gasteiger partial charge in [0.15, 0.2) is 5.84 Å². The number of para-hydroxylation sites is 1. The second-order valence-corrected chi connectivity index (χ2v) is 8.03. The van der Waals surface area contributed by atoms with Crippen LogP contribution in [0.3, 0.4) is 0 Å². The maximum atomic E-state index is 14.7. The Balaban J connectivity index is 1.95. The van der Waals surface area contributed by atoms with Gasteiger partial charge >= 0.3 is 4.83 Å². The van der Waals surface area contributed by atoms with Crippen LogP contribution in [0.4, 0.5) is 8.78 Å². The van der Waals surface area contributed by atoms with E-state index in [1.165, 1.54) is 0 Å². The van der Waals surface area contributed by atoms with E-state index in [0.717, 1.165) is 54.3 Å². The zero-order chi connectivity index (χ0) is 18.9. The van der Waals surface area contributed by atoms with Crippen LogP contribution in [0.5, 0.6) is 0 Å². The fourth-order valence-corrected chi connectivity index (χ4v) is 4.12. The number of nitrogens with zero attached hydrogens (tertiary/aromatic N) is 2. The molecule has 0 N–H and O–H groups in total. The summed E-state index contributed by atoms with van der Waals surface area (Å²) in [6.45, 7) is 0. The minimum Gasteiger partial charge on any atom is -0.292 e. The molecular weight excluding hydrogens is 410 g/mol. The van der Waals surface area contributed by atoms with E-state index >= 15 is 0 Å². The SMILES string of the molecule is FC(F)(Br)C(=NC1CCCCC1)n1c(-c2ccccc2)cc2ccccc21. The van der Waals surface area contributed by atoms with Crippen molar-refractivity contribution in [3.8, 4) is 11.3 Å². The Morgan fingerprint density at radius 1 is 0.963 bits per heavy atom. The van der Waals surface area contributed by atoms with Crippen LogP contribution in [0.2, 0.25) is 0 Å². The molecule has 1 saturated carbocycles. The van der Waals surface area contributed by atoms with Gasteiger partial charge in [0.1, 0.15) is 0 Å². The molecule has 1 heterocycles. The quantitative estimate of drug-likeness (QED) is 0.245. The Hall–Kier alpha value is -2.01. The van der Waals surface area contributed by atoms with Crippen molar-refractivity contribution in [2.75, 3.05) is 0 Å². The number of hydrogen-bond acceptors (Lipinski definition) is 1. The standard InChI is InChI=1S/C22H21BrF2N2/c23-22(24,25)21(26-18-12-5-2-6-13-18)27-19-14-8-7-11-17(19)15-20(27)16-9-3-1-4-10-16/h1,3-4,7-11,14-15,18H,2,5-6,12-13H2. The fraction of sp³-hybridized carbons (Fsp3) is 0.318. The molecule has 0 aliphatic heterocycles. The third-order valence-corrected chi connectivity index (χ3v) is 5.48. The van der Waals surface area contributed by atoms with Gasteiger partial charge < -0.3 is 0 Å². The Morgan fingerprint density at radius 3 is 2.33 bits per heavy atom. The van der Waals surface area contributed by atoms with E-state index in [9.17, 15) is 8.78 Å². The lowest BCUT2D eigenvalue weighted by Gasteiger charge is -2.23. The molecule has 4 rings (SSSR count). The summed E-state index contributed by atoms with van der Waals surface area (Å²) < 4.78 is 31.0. The summed E-state index contributed by atoms with van der Waals surface area (Å²) in [4.78, 5) is 1.36. The summed E-state index contributed by atoms with van der Waals surface area (Å²) >= 11 is 2.60. The summed E-state index contributed by atoms with van der Waals surface area (Å²) in [5, 5.41) is 0.921. The first-order valence-electron chi connectivity index (χ1n) is 9.35. The second-order valence-electron chi connectivity index (χ2n) is 7.03. The summed E-state index contributed by atoms with van der Waals surface area (Å²) in [5.74, 6) is -0.227. The van der Waals surface area contributed by atoms with Gasteiger partial charge in [0.05, 0.1) is 17.3 Å². The summed E-state index contributed by atoms with van der Waals surface area (Å²) in [7, 11) is 0. The molecule has 27 heavy (non-hydrogen) atoms. The van der Waals surface area contributed by atoms with Crippen molar-refractivity contribution in [3.63, 3.8) is 0 Å². The van der Waals surface area contributed by atoms with Crippen LogP contribution in [0, 0.1) is 0 Å². The topological polar surface area (TPSA) is 17.3 Å². The van der Waals surface area contributed by atoms with Crippen molar-refractivity contribution in [2.45, 2.75) is 43.0 Å². The molecule has 2 nitrogen and oxygen atoms in total. The van der Waals surface area contributed by atoms with Gasteiger partial charge in [0.2, 0.25) is 0 Å². The minimum absolute atomic E-state index is 0.0537. The molecule has 2 aromatic carbocycles. The predicted molar refractivity (Wildman–Crippen MR) is 111 cm³/mol. The molecule has 0 radical (unpaired) electrons. The number of benzene rings is 2. The van der Waals surface area contributed by atoms with Gasteiger partial charge in [-0.1, -0.05) is 67.8 Å². The number of fused-ring (bicyclic) bond motifs is 1. The molecular formula is C22H21BrF2N2. The first kappa shape index (κ1) is 18.4. The number of aromatic nitrogens is 1. The molecule has 0 amide bonds. The Morgan fingerprint density at radius 2 is 1.63 bits per heavy atom. The molecule has 1 aliphatic rings. The van der Waals surface area contributed by atoms with E-state index < -0.39 is 4.83 Å². The van der Waals surface area contributed by atoms with E-state index in [1.807, 2.05) is 60.7 Å². The van der Waals surface area contributed by atoms with Crippen LogP contribution in [0.15, 0.2) is 65.7 Å². The molecule has 0 unspecified atom stereocenters. The average molecular weight is 431 g/mol.